The average Bonchev–Trinajstić information content (AvgIpc) is 2.35. The summed E-state index contributed by atoms with van der Waals surface area (Å²) >= 11 is 3.36. The minimum Gasteiger partial charge on any atom is -0.396 e. The summed E-state index contributed by atoms with van der Waals surface area (Å²) in [6.07, 6.45) is 2.40. The smallest absolute Gasteiger partial charge is 0.126 e. The van der Waals surface area contributed by atoms with E-state index in [2.05, 4.69) is 21.2 Å². The Kier molecular flexibility index (Phi) is 4.17. The van der Waals surface area contributed by atoms with Crippen LogP contribution in [0.3, 0.4) is 0 Å². The van der Waals surface area contributed by atoms with Crippen molar-refractivity contribution in [2.75, 3.05) is 19.7 Å². The summed E-state index contributed by atoms with van der Waals surface area (Å²) in [5, 5.41) is 12.9. The van der Waals surface area contributed by atoms with Crippen LogP contribution in [-0.4, -0.2) is 24.8 Å². The average molecular weight is 302 g/mol. The molecule has 0 bridgehead atoms. The fourth-order valence-electron chi connectivity index (χ4n) is 2.43. The van der Waals surface area contributed by atoms with Gasteiger partial charge in [0.25, 0.3) is 0 Å². The van der Waals surface area contributed by atoms with E-state index >= 15 is 0 Å². The molecule has 1 heterocycles. The first-order chi connectivity index (χ1) is 8.15. The maximum Gasteiger partial charge on any atom is 0.126 e. The first-order valence-corrected chi connectivity index (χ1v) is 6.70. The molecule has 0 unspecified atom stereocenters. The molecule has 1 aromatic carbocycles. The van der Waals surface area contributed by atoms with Gasteiger partial charge >= 0.3 is 0 Å². The summed E-state index contributed by atoms with van der Waals surface area (Å²) < 4.78 is 14.6. The van der Waals surface area contributed by atoms with Crippen LogP contribution < -0.4 is 5.32 Å². The lowest BCUT2D eigenvalue weighted by molar-refractivity contribution is 0.0884. The lowest BCUT2D eigenvalue weighted by Crippen LogP contribution is -2.40. The van der Waals surface area contributed by atoms with E-state index in [4.69, 9.17) is 0 Å². The summed E-state index contributed by atoms with van der Waals surface area (Å²) in [5.74, 6) is -0.181. The predicted molar refractivity (Wildman–Crippen MR) is 69.4 cm³/mol. The number of hydrogen-bond acceptors (Lipinski definition) is 2. The zero-order valence-corrected chi connectivity index (χ0v) is 11.3. The molecular formula is C13H17BrFNO. The Bertz CT molecular complexity index is 391. The van der Waals surface area contributed by atoms with Gasteiger partial charge in [-0.2, -0.15) is 0 Å². The van der Waals surface area contributed by atoms with Crippen molar-refractivity contribution in [2.24, 2.45) is 5.41 Å². The predicted octanol–water partition coefficient (Wildman–Crippen LogP) is 2.49. The Balaban J connectivity index is 2.20. The minimum absolute atomic E-state index is 0.126. The molecule has 1 fully saturated rings. The van der Waals surface area contributed by atoms with Crippen LogP contribution in [0.25, 0.3) is 0 Å². The van der Waals surface area contributed by atoms with Crippen molar-refractivity contribution in [1.29, 1.82) is 0 Å². The summed E-state index contributed by atoms with van der Waals surface area (Å²) in [5.41, 5.74) is 0.530. The van der Waals surface area contributed by atoms with Crippen molar-refractivity contribution < 1.29 is 9.50 Å². The van der Waals surface area contributed by atoms with Crippen LogP contribution >= 0.6 is 15.9 Å². The normalized spacial score (nSPS) is 19.2. The largest absolute Gasteiger partial charge is 0.396 e. The van der Waals surface area contributed by atoms with Gasteiger partial charge in [-0.3, -0.25) is 0 Å². The van der Waals surface area contributed by atoms with Gasteiger partial charge in [0.05, 0.1) is 0 Å². The zero-order chi connectivity index (χ0) is 12.3. The van der Waals surface area contributed by atoms with E-state index in [0.717, 1.165) is 30.4 Å². The van der Waals surface area contributed by atoms with Crippen LogP contribution in [0.2, 0.25) is 0 Å². The van der Waals surface area contributed by atoms with E-state index in [9.17, 15) is 9.50 Å². The van der Waals surface area contributed by atoms with E-state index in [0.29, 0.717) is 12.0 Å². The lowest BCUT2D eigenvalue weighted by Gasteiger charge is -2.36. The first kappa shape index (κ1) is 13.0. The second-order valence-corrected chi connectivity index (χ2v) is 5.74. The van der Waals surface area contributed by atoms with Gasteiger partial charge in [-0.1, -0.05) is 15.9 Å². The molecule has 2 rings (SSSR count). The first-order valence-electron chi connectivity index (χ1n) is 5.91. The SMILES string of the molecule is OCC1(Cc2cc(Br)ccc2F)CCNCC1. The topological polar surface area (TPSA) is 32.3 Å². The monoisotopic (exact) mass is 301 g/mol. The van der Waals surface area contributed by atoms with Crippen LogP contribution in [0, 0.1) is 11.2 Å². The summed E-state index contributed by atoms with van der Waals surface area (Å²) in [4.78, 5) is 0. The maximum absolute atomic E-state index is 13.7. The van der Waals surface area contributed by atoms with E-state index in [1.54, 1.807) is 6.07 Å². The molecule has 0 spiro atoms. The molecule has 0 radical (unpaired) electrons. The number of piperidine rings is 1. The number of rotatable bonds is 3. The summed E-state index contributed by atoms with van der Waals surface area (Å²) in [6, 6.07) is 4.99. The molecule has 0 aromatic heterocycles. The molecule has 1 aliphatic heterocycles. The number of aliphatic hydroxyl groups is 1. The third-order valence-corrected chi connectivity index (χ3v) is 4.07. The van der Waals surface area contributed by atoms with Gasteiger partial charge in [0.2, 0.25) is 0 Å². The molecule has 4 heteroatoms. The Hall–Kier alpha value is -0.450. The van der Waals surface area contributed by atoms with Gasteiger partial charge < -0.3 is 10.4 Å². The van der Waals surface area contributed by atoms with E-state index in [1.165, 1.54) is 6.07 Å². The highest BCUT2D eigenvalue weighted by molar-refractivity contribution is 9.10. The van der Waals surface area contributed by atoms with Gasteiger partial charge in [0, 0.05) is 11.1 Å². The Morgan fingerprint density at radius 1 is 1.35 bits per heavy atom. The fraction of sp³-hybridized carbons (Fsp3) is 0.538. The van der Waals surface area contributed by atoms with Crippen LogP contribution in [0.4, 0.5) is 4.39 Å². The molecule has 1 saturated heterocycles. The van der Waals surface area contributed by atoms with Crippen LogP contribution in [0.1, 0.15) is 18.4 Å². The Labute approximate surface area is 109 Å². The van der Waals surface area contributed by atoms with Crippen LogP contribution in [0.5, 0.6) is 0 Å². The third-order valence-electron chi connectivity index (χ3n) is 3.57. The van der Waals surface area contributed by atoms with Crippen LogP contribution in [-0.2, 0) is 6.42 Å². The molecule has 0 amide bonds. The molecule has 2 nitrogen and oxygen atoms in total. The van der Waals surface area contributed by atoms with Crippen molar-refractivity contribution in [3.8, 4) is 0 Å². The quantitative estimate of drug-likeness (QED) is 0.899. The molecule has 1 aromatic rings. The zero-order valence-electron chi connectivity index (χ0n) is 9.68. The highest BCUT2D eigenvalue weighted by atomic mass is 79.9. The maximum atomic E-state index is 13.7. The second kappa shape index (κ2) is 5.46. The number of halogens is 2. The van der Waals surface area contributed by atoms with Gasteiger partial charge in [-0.25, -0.2) is 4.39 Å². The van der Waals surface area contributed by atoms with E-state index < -0.39 is 0 Å². The number of nitrogens with one attached hydrogen (secondary N) is 1. The molecule has 0 saturated carbocycles. The fourth-order valence-corrected chi connectivity index (χ4v) is 2.84. The van der Waals surface area contributed by atoms with Crippen molar-refractivity contribution in [3.63, 3.8) is 0 Å². The highest BCUT2D eigenvalue weighted by Gasteiger charge is 2.32. The number of hydrogen-bond donors (Lipinski definition) is 2. The molecule has 0 aliphatic carbocycles. The molecule has 94 valence electrons. The summed E-state index contributed by atoms with van der Waals surface area (Å²) in [7, 11) is 0. The van der Waals surface area contributed by atoms with E-state index in [-0.39, 0.29) is 17.8 Å². The number of aliphatic hydroxyl groups excluding tert-OH is 1. The molecule has 1 aliphatic rings. The van der Waals surface area contributed by atoms with Crippen molar-refractivity contribution >= 4 is 15.9 Å². The van der Waals surface area contributed by atoms with Crippen molar-refractivity contribution in [1.82, 2.24) is 5.32 Å². The lowest BCUT2D eigenvalue weighted by atomic mass is 9.75. The van der Waals surface area contributed by atoms with Crippen molar-refractivity contribution in [3.05, 3.63) is 34.1 Å². The minimum atomic E-state index is -0.181. The number of benzene rings is 1. The second-order valence-electron chi connectivity index (χ2n) is 4.82. The standard InChI is InChI=1S/C13H17BrFNO/c14-11-1-2-12(15)10(7-11)8-13(9-17)3-5-16-6-4-13/h1-2,7,16-17H,3-6,8-9H2. The van der Waals surface area contributed by atoms with Crippen LogP contribution in [0.15, 0.2) is 22.7 Å². The molecule has 2 N–H and O–H groups in total. The molecule has 17 heavy (non-hydrogen) atoms. The van der Waals surface area contributed by atoms with Gasteiger partial charge in [-0.15, -0.1) is 0 Å². The highest BCUT2D eigenvalue weighted by Crippen LogP contribution is 2.33. The Morgan fingerprint density at radius 2 is 2.06 bits per heavy atom. The van der Waals surface area contributed by atoms with Crippen molar-refractivity contribution in [2.45, 2.75) is 19.3 Å². The molecule has 0 atom stereocenters. The van der Waals surface area contributed by atoms with Gasteiger partial charge in [0.1, 0.15) is 5.82 Å². The third kappa shape index (κ3) is 3.06. The van der Waals surface area contributed by atoms with E-state index in [1.807, 2.05) is 6.07 Å². The van der Waals surface area contributed by atoms with Gasteiger partial charge in [-0.05, 0) is 61.5 Å². The van der Waals surface area contributed by atoms with Gasteiger partial charge in [0.15, 0.2) is 0 Å². The Morgan fingerprint density at radius 3 is 2.71 bits per heavy atom. The summed E-state index contributed by atoms with van der Waals surface area (Å²) in [6.45, 7) is 1.92. The molecular weight excluding hydrogens is 285 g/mol.